The lowest BCUT2D eigenvalue weighted by Crippen LogP contribution is -2.23. The van der Waals surface area contributed by atoms with Crippen molar-refractivity contribution >= 4 is 34.7 Å². The van der Waals surface area contributed by atoms with Gasteiger partial charge in [0.05, 0.1) is 5.25 Å². The highest BCUT2D eigenvalue weighted by Crippen LogP contribution is 2.28. The summed E-state index contributed by atoms with van der Waals surface area (Å²) in [7, 11) is 0. The summed E-state index contributed by atoms with van der Waals surface area (Å²) in [5.74, 6) is -0.0112. The van der Waals surface area contributed by atoms with Gasteiger partial charge in [-0.3, -0.25) is 4.79 Å². The van der Waals surface area contributed by atoms with Gasteiger partial charge >= 0.3 is 0 Å². The van der Waals surface area contributed by atoms with Gasteiger partial charge in [0.15, 0.2) is 4.34 Å². The van der Waals surface area contributed by atoms with Crippen molar-refractivity contribution in [3.63, 3.8) is 0 Å². The number of amides is 1. The number of nitrogens with one attached hydrogen (secondary N) is 1. The zero-order valence-electron chi connectivity index (χ0n) is 12.9. The molecule has 21 heavy (non-hydrogen) atoms. The molecule has 0 fully saturated rings. The predicted molar refractivity (Wildman–Crippen MR) is 89.2 cm³/mol. The van der Waals surface area contributed by atoms with Crippen molar-refractivity contribution in [3.8, 4) is 0 Å². The molecule has 112 valence electrons. The van der Waals surface area contributed by atoms with Gasteiger partial charge in [0.25, 0.3) is 0 Å². The summed E-state index contributed by atoms with van der Waals surface area (Å²) in [6, 6.07) is 4.16. The van der Waals surface area contributed by atoms with Crippen molar-refractivity contribution in [2.24, 2.45) is 0 Å². The van der Waals surface area contributed by atoms with Crippen LogP contribution in [0, 0.1) is 27.7 Å². The van der Waals surface area contributed by atoms with Crippen LogP contribution < -0.4 is 5.32 Å². The predicted octanol–water partition coefficient (Wildman–Crippen LogP) is 3.89. The molecule has 1 N–H and O–H groups in total. The van der Waals surface area contributed by atoms with E-state index in [0.29, 0.717) is 0 Å². The van der Waals surface area contributed by atoms with Crippen LogP contribution in [0.2, 0.25) is 0 Å². The molecule has 0 unspecified atom stereocenters. The first-order valence-electron chi connectivity index (χ1n) is 6.72. The highest BCUT2D eigenvalue weighted by molar-refractivity contribution is 8.02. The SMILES string of the molecule is Cc1cc(C)c(NC(=O)[C@H](C)Sc2nnc(C)s2)c(C)c1. The van der Waals surface area contributed by atoms with Crippen LogP contribution in [0.1, 0.15) is 28.6 Å². The highest BCUT2D eigenvalue weighted by atomic mass is 32.2. The van der Waals surface area contributed by atoms with Gasteiger partial charge in [-0.25, -0.2) is 0 Å². The first-order valence-corrected chi connectivity index (χ1v) is 8.42. The van der Waals surface area contributed by atoms with E-state index in [9.17, 15) is 4.79 Å². The first-order chi connectivity index (χ1) is 9.86. The lowest BCUT2D eigenvalue weighted by molar-refractivity contribution is -0.115. The van der Waals surface area contributed by atoms with Gasteiger partial charge in [-0.05, 0) is 45.7 Å². The van der Waals surface area contributed by atoms with Crippen LogP contribution >= 0.6 is 23.1 Å². The molecule has 2 rings (SSSR count). The Morgan fingerprint density at radius 2 is 1.81 bits per heavy atom. The maximum Gasteiger partial charge on any atom is 0.237 e. The molecule has 1 heterocycles. The third-order valence-corrected chi connectivity index (χ3v) is 5.10. The molecule has 0 aliphatic carbocycles. The van der Waals surface area contributed by atoms with Crippen LogP contribution in [0.5, 0.6) is 0 Å². The molecule has 2 aromatic rings. The third kappa shape index (κ3) is 4.04. The van der Waals surface area contributed by atoms with Crippen molar-refractivity contribution < 1.29 is 4.79 Å². The topological polar surface area (TPSA) is 54.9 Å². The second kappa shape index (κ2) is 6.58. The lowest BCUT2D eigenvalue weighted by atomic mass is 10.1. The van der Waals surface area contributed by atoms with E-state index in [-0.39, 0.29) is 11.2 Å². The second-order valence-corrected chi connectivity index (χ2v) is 7.88. The molecule has 0 aliphatic rings. The molecule has 0 aliphatic heterocycles. The van der Waals surface area contributed by atoms with E-state index in [4.69, 9.17) is 0 Å². The minimum absolute atomic E-state index is 0.0112. The van der Waals surface area contributed by atoms with E-state index >= 15 is 0 Å². The second-order valence-electron chi connectivity index (χ2n) is 5.11. The average molecular weight is 321 g/mol. The number of rotatable bonds is 4. The molecule has 1 amide bonds. The number of carbonyl (C=O) groups excluding carboxylic acids is 1. The van der Waals surface area contributed by atoms with Crippen LogP contribution in [0.25, 0.3) is 0 Å². The zero-order chi connectivity index (χ0) is 15.6. The average Bonchev–Trinajstić information content (AvgIpc) is 2.78. The van der Waals surface area contributed by atoms with E-state index in [1.165, 1.54) is 28.7 Å². The van der Waals surface area contributed by atoms with Crippen LogP contribution in [0.4, 0.5) is 5.69 Å². The van der Waals surface area contributed by atoms with Crippen molar-refractivity contribution in [2.75, 3.05) is 5.32 Å². The number of benzene rings is 1. The molecule has 0 saturated carbocycles. The molecule has 1 atom stereocenters. The normalized spacial score (nSPS) is 12.2. The molecular weight excluding hydrogens is 302 g/mol. The molecule has 0 saturated heterocycles. The van der Waals surface area contributed by atoms with Crippen molar-refractivity contribution in [2.45, 2.75) is 44.2 Å². The van der Waals surface area contributed by atoms with Crippen LogP contribution in [-0.2, 0) is 4.79 Å². The Labute approximate surface area is 133 Å². The minimum Gasteiger partial charge on any atom is -0.325 e. The first kappa shape index (κ1) is 16.0. The van der Waals surface area contributed by atoms with Gasteiger partial charge in [0.1, 0.15) is 5.01 Å². The fraction of sp³-hybridized carbons (Fsp3) is 0.400. The summed E-state index contributed by atoms with van der Waals surface area (Å²) in [4.78, 5) is 12.3. The van der Waals surface area contributed by atoms with E-state index in [1.807, 2.05) is 27.7 Å². The molecule has 1 aromatic carbocycles. The standard InChI is InChI=1S/C15H19N3OS2/c1-8-6-9(2)13(10(3)7-8)16-14(19)11(4)20-15-18-17-12(5)21-15/h6-7,11H,1-5H3,(H,16,19)/t11-/m0/s1. The van der Waals surface area contributed by atoms with E-state index in [2.05, 4.69) is 34.6 Å². The van der Waals surface area contributed by atoms with E-state index < -0.39 is 0 Å². The Hall–Kier alpha value is -1.40. The Morgan fingerprint density at radius 1 is 1.19 bits per heavy atom. The number of aryl methyl sites for hydroxylation is 4. The molecule has 4 nitrogen and oxygen atoms in total. The molecule has 0 radical (unpaired) electrons. The van der Waals surface area contributed by atoms with Gasteiger partial charge in [0.2, 0.25) is 5.91 Å². The Kier molecular flexibility index (Phi) is 5.00. The number of carbonyl (C=O) groups is 1. The fourth-order valence-corrected chi connectivity index (χ4v) is 4.09. The van der Waals surface area contributed by atoms with Gasteiger partial charge in [-0.2, -0.15) is 0 Å². The summed E-state index contributed by atoms with van der Waals surface area (Å²) in [6.07, 6.45) is 0. The summed E-state index contributed by atoms with van der Waals surface area (Å²) in [5.41, 5.74) is 4.29. The largest absolute Gasteiger partial charge is 0.325 e. The number of hydrogen-bond donors (Lipinski definition) is 1. The van der Waals surface area contributed by atoms with Crippen molar-refractivity contribution in [1.29, 1.82) is 0 Å². The molecule has 6 heteroatoms. The maximum absolute atomic E-state index is 12.3. The number of hydrogen-bond acceptors (Lipinski definition) is 5. The summed E-state index contributed by atoms with van der Waals surface area (Å²) >= 11 is 2.95. The maximum atomic E-state index is 12.3. The van der Waals surface area contributed by atoms with Crippen molar-refractivity contribution in [3.05, 3.63) is 33.8 Å². The molecule has 1 aromatic heterocycles. The monoisotopic (exact) mass is 321 g/mol. The Morgan fingerprint density at radius 3 is 2.33 bits per heavy atom. The third-order valence-electron chi connectivity index (χ3n) is 3.08. The highest BCUT2D eigenvalue weighted by Gasteiger charge is 2.18. The quantitative estimate of drug-likeness (QED) is 0.868. The minimum atomic E-state index is -0.211. The Bertz CT molecular complexity index is 644. The van der Waals surface area contributed by atoms with Crippen molar-refractivity contribution in [1.82, 2.24) is 10.2 Å². The fourth-order valence-electron chi connectivity index (χ4n) is 2.13. The number of thioether (sulfide) groups is 1. The number of anilines is 1. The zero-order valence-corrected chi connectivity index (χ0v) is 14.5. The van der Waals surface area contributed by atoms with Gasteiger partial charge < -0.3 is 5.32 Å². The van der Waals surface area contributed by atoms with E-state index in [1.54, 1.807) is 0 Å². The van der Waals surface area contributed by atoms with Crippen LogP contribution in [0.3, 0.4) is 0 Å². The molecule has 0 spiro atoms. The Balaban J connectivity index is 2.07. The smallest absolute Gasteiger partial charge is 0.237 e. The summed E-state index contributed by atoms with van der Waals surface area (Å²) in [6.45, 7) is 9.88. The van der Waals surface area contributed by atoms with Gasteiger partial charge in [-0.15, -0.1) is 10.2 Å². The summed E-state index contributed by atoms with van der Waals surface area (Å²) in [5, 5.41) is 11.7. The number of aromatic nitrogens is 2. The molecule has 0 bridgehead atoms. The summed E-state index contributed by atoms with van der Waals surface area (Å²) < 4.78 is 0.826. The van der Waals surface area contributed by atoms with Gasteiger partial charge in [0, 0.05) is 5.69 Å². The van der Waals surface area contributed by atoms with Gasteiger partial charge in [-0.1, -0.05) is 40.8 Å². The van der Waals surface area contributed by atoms with Crippen LogP contribution in [0.15, 0.2) is 16.5 Å². The molecular formula is C15H19N3OS2. The lowest BCUT2D eigenvalue weighted by Gasteiger charge is -2.15. The van der Waals surface area contributed by atoms with E-state index in [0.717, 1.165) is 26.2 Å². The van der Waals surface area contributed by atoms with Crippen LogP contribution in [-0.4, -0.2) is 21.4 Å². The number of nitrogens with zero attached hydrogens (tertiary/aromatic N) is 2.